The third kappa shape index (κ3) is 1.95. The van der Waals surface area contributed by atoms with Gasteiger partial charge in [0.15, 0.2) is 11.9 Å². The molecule has 100 valence electrons. The number of methoxy groups -OCH3 is 1. The summed E-state index contributed by atoms with van der Waals surface area (Å²) in [4.78, 5) is 18.4. The van der Waals surface area contributed by atoms with Crippen molar-refractivity contribution < 1.29 is 14.6 Å². The van der Waals surface area contributed by atoms with E-state index in [1.807, 2.05) is 6.21 Å². The van der Waals surface area contributed by atoms with Crippen LogP contribution in [0.15, 0.2) is 40.2 Å². The molecule has 0 spiro atoms. The van der Waals surface area contributed by atoms with Crippen LogP contribution in [0.3, 0.4) is 0 Å². The van der Waals surface area contributed by atoms with E-state index >= 15 is 0 Å². The second kappa shape index (κ2) is 4.43. The lowest BCUT2D eigenvalue weighted by Crippen LogP contribution is -2.34. The van der Waals surface area contributed by atoms with Crippen LogP contribution >= 0.6 is 0 Å². The summed E-state index contributed by atoms with van der Waals surface area (Å²) in [6, 6.07) is 0.204. The zero-order chi connectivity index (χ0) is 13.6. The van der Waals surface area contributed by atoms with E-state index in [9.17, 15) is 9.90 Å². The molecule has 0 aromatic rings. The monoisotopic (exact) mass is 260 g/mol. The number of carbonyl (C=O) groups excluding carboxylic acids is 1. The highest BCUT2D eigenvalue weighted by molar-refractivity contribution is 5.99. The molecule has 0 aromatic carbocycles. The maximum Gasteiger partial charge on any atom is 0.194 e. The van der Waals surface area contributed by atoms with Crippen molar-refractivity contribution in [2.75, 3.05) is 20.2 Å². The van der Waals surface area contributed by atoms with Crippen LogP contribution in [0.4, 0.5) is 0 Å². The Morgan fingerprint density at radius 3 is 3.05 bits per heavy atom. The summed E-state index contributed by atoms with van der Waals surface area (Å²) in [5, 5.41) is 10.2. The molecule has 2 heterocycles. The summed E-state index contributed by atoms with van der Waals surface area (Å²) in [5.41, 5.74) is 2.40. The zero-order valence-corrected chi connectivity index (χ0v) is 10.8. The summed E-state index contributed by atoms with van der Waals surface area (Å²) < 4.78 is 5.05. The van der Waals surface area contributed by atoms with Gasteiger partial charge in [0.1, 0.15) is 5.76 Å². The molecule has 1 fully saturated rings. The van der Waals surface area contributed by atoms with E-state index in [1.54, 1.807) is 0 Å². The highest BCUT2D eigenvalue weighted by Crippen LogP contribution is 2.31. The van der Waals surface area contributed by atoms with Crippen LogP contribution in [0.2, 0.25) is 0 Å². The molecule has 0 radical (unpaired) electrons. The van der Waals surface area contributed by atoms with Gasteiger partial charge in [0.25, 0.3) is 0 Å². The molecule has 0 amide bonds. The molecular formula is C14H16N2O3. The number of aliphatic hydroxyl groups is 1. The fraction of sp³-hybridized carbons (Fsp3) is 0.429. The topological polar surface area (TPSA) is 62.1 Å². The summed E-state index contributed by atoms with van der Waals surface area (Å²) in [6.45, 7) is 5.36. The van der Waals surface area contributed by atoms with Crippen LogP contribution in [0.5, 0.6) is 0 Å². The fourth-order valence-electron chi connectivity index (χ4n) is 2.81. The van der Waals surface area contributed by atoms with Gasteiger partial charge in [-0.15, -0.1) is 0 Å². The van der Waals surface area contributed by atoms with Gasteiger partial charge < -0.3 is 9.84 Å². The Morgan fingerprint density at radius 1 is 1.53 bits per heavy atom. The molecule has 2 atom stereocenters. The molecule has 5 nitrogen and oxygen atoms in total. The van der Waals surface area contributed by atoms with Crippen molar-refractivity contribution in [3.8, 4) is 0 Å². The van der Waals surface area contributed by atoms with E-state index in [2.05, 4.69) is 16.5 Å². The highest BCUT2D eigenvalue weighted by Gasteiger charge is 2.35. The molecule has 3 aliphatic rings. The Balaban J connectivity index is 2.01. The van der Waals surface area contributed by atoms with Gasteiger partial charge in [-0.3, -0.25) is 14.7 Å². The van der Waals surface area contributed by atoms with E-state index in [1.165, 1.54) is 18.8 Å². The van der Waals surface area contributed by atoms with Crippen LogP contribution in [-0.4, -0.2) is 54.3 Å². The first-order valence-electron chi connectivity index (χ1n) is 6.25. The maximum absolute atomic E-state index is 11.8. The Labute approximate surface area is 111 Å². The maximum atomic E-state index is 11.8. The van der Waals surface area contributed by atoms with Crippen LogP contribution < -0.4 is 0 Å². The molecule has 3 rings (SSSR count). The second-order valence-corrected chi connectivity index (χ2v) is 5.12. The van der Waals surface area contributed by atoms with E-state index in [4.69, 9.17) is 4.74 Å². The van der Waals surface area contributed by atoms with Gasteiger partial charge in [0.05, 0.1) is 5.70 Å². The normalized spacial score (nSPS) is 31.1. The SMILES string of the molecule is C=C1C[C@H]2C=NC3=CC(=O)C(OC)C(O)=C3CN2C1. The van der Waals surface area contributed by atoms with E-state index in [-0.39, 0.29) is 17.6 Å². The van der Waals surface area contributed by atoms with Crippen LogP contribution in [0, 0.1) is 0 Å². The molecule has 1 unspecified atom stereocenters. The van der Waals surface area contributed by atoms with Gasteiger partial charge in [-0.1, -0.05) is 12.2 Å². The number of fused-ring (bicyclic) bond motifs is 2. The average Bonchev–Trinajstić information content (AvgIpc) is 2.63. The minimum absolute atomic E-state index is 0.0136. The average molecular weight is 260 g/mol. The summed E-state index contributed by atoms with van der Waals surface area (Å²) in [7, 11) is 1.42. The van der Waals surface area contributed by atoms with Crippen molar-refractivity contribution in [1.29, 1.82) is 0 Å². The Hall–Kier alpha value is -1.72. The van der Waals surface area contributed by atoms with Gasteiger partial charge in [-0.25, -0.2) is 0 Å². The second-order valence-electron chi connectivity index (χ2n) is 5.12. The van der Waals surface area contributed by atoms with Gasteiger partial charge >= 0.3 is 0 Å². The van der Waals surface area contributed by atoms with Crippen molar-refractivity contribution in [1.82, 2.24) is 4.90 Å². The first kappa shape index (κ1) is 12.3. The highest BCUT2D eigenvalue weighted by atomic mass is 16.5. The molecule has 1 aliphatic carbocycles. The standard InChI is InChI=1S/C14H16N2O3/c1-8-3-9-5-15-11-4-12(17)14(19-2)13(18)10(11)7-16(9)6-8/h4-5,9,14,18H,1,3,6-7H2,2H3/t9-,14?/m0/s1. The summed E-state index contributed by atoms with van der Waals surface area (Å²) >= 11 is 0. The number of ether oxygens (including phenoxy) is 1. The first-order valence-corrected chi connectivity index (χ1v) is 6.25. The minimum atomic E-state index is -0.892. The minimum Gasteiger partial charge on any atom is -0.509 e. The van der Waals surface area contributed by atoms with Crippen molar-refractivity contribution in [2.24, 2.45) is 4.99 Å². The van der Waals surface area contributed by atoms with Crippen LogP contribution in [0.25, 0.3) is 0 Å². The van der Waals surface area contributed by atoms with Crippen LogP contribution in [-0.2, 0) is 9.53 Å². The molecular weight excluding hydrogens is 244 g/mol. The molecule has 1 saturated heterocycles. The number of aliphatic imine (C=N–C) groups is 1. The number of hydrogen-bond donors (Lipinski definition) is 1. The molecule has 0 saturated carbocycles. The van der Waals surface area contributed by atoms with E-state index in [0.717, 1.165) is 13.0 Å². The van der Waals surface area contributed by atoms with Crippen molar-refractivity contribution in [3.63, 3.8) is 0 Å². The van der Waals surface area contributed by atoms with Crippen molar-refractivity contribution in [2.45, 2.75) is 18.6 Å². The predicted molar refractivity (Wildman–Crippen MR) is 71.2 cm³/mol. The smallest absolute Gasteiger partial charge is 0.194 e. The van der Waals surface area contributed by atoms with Crippen molar-refractivity contribution in [3.05, 3.63) is 35.3 Å². The number of rotatable bonds is 1. The lowest BCUT2D eigenvalue weighted by molar-refractivity contribution is -0.123. The Bertz CT molecular complexity index is 545. The zero-order valence-electron chi connectivity index (χ0n) is 10.8. The van der Waals surface area contributed by atoms with Crippen LogP contribution in [0.1, 0.15) is 6.42 Å². The molecule has 0 bridgehead atoms. The molecule has 5 heteroatoms. The van der Waals surface area contributed by atoms with Gasteiger partial charge in [-0.2, -0.15) is 0 Å². The molecule has 0 aromatic heterocycles. The third-order valence-corrected chi connectivity index (χ3v) is 3.78. The van der Waals surface area contributed by atoms with E-state index < -0.39 is 6.10 Å². The predicted octanol–water partition coefficient (Wildman–Crippen LogP) is 0.995. The number of ketones is 1. The number of nitrogens with zero attached hydrogens (tertiary/aromatic N) is 2. The third-order valence-electron chi connectivity index (χ3n) is 3.78. The Kier molecular flexibility index (Phi) is 2.88. The fourth-order valence-corrected chi connectivity index (χ4v) is 2.81. The van der Waals surface area contributed by atoms with Crippen molar-refractivity contribution >= 4 is 12.0 Å². The lowest BCUT2D eigenvalue weighted by Gasteiger charge is -2.24. The number of hydrogen-bond acceptors (Lipinski definition) is 5. The molecule has 2 aliphatic heterocycles. The van der Waals surface area contributed by atoms with Gasteiger partial charge in [-0.05, 0) is 6.42 Å². The largest absolute Gasteiger partial charge is 0.509 e. The van der Waals surface area contributed by atoms with E-state index in [0.29, 0.717) is 17.8 Å². The van der Waals surface area contributed by atoms with Gasteiger partial charge in [0, 0.05) is 44.1 Å². The quantitative estimate of drug-likeness (QED) is 0.714. The lowest BCUT2D eigenvalue weighted by atomic mass is 9.98. The summed E-state index contributed by atoms with van der Waals surface area (Å²) in [5.74, 6) is -0.275. The summed E-state index contributed by atoms with van der Waals surface area (Å²) in [6.07, 6.45) is 3.28. The Morgan fingerprint density at radius 2 is 2.32 bits per heavy atom. The number of carbonyl (C=O) groups is 1. The molecule has 19 heavy (non-hydrogen) atoms. The first-order chi connectivity index (χ1) is 9.10. The number of aliphatic hydroxyl groups excluding tert-OH is 1. The van der Waals surface area contributed by atoms with Gasteiger partial charge in [0.2, 0.25) is 0 Å². The molecule has 1 N–H and O–H groups in total.